The maximum absolute atomic E-state index is 12.5. The number of ether oxygens (including phenoxy) is 6. The molecule has 0 heterocycles. The summed E-state index contributed by atoms with van der Waals surface area (Å²) in [5.41, 5.74) is 0.729. The fourth-order valence-electron chi connectivity index (χ4n) is 3.48. The lowest BCUT2D eigenvalue weighted by Gasteiger charge is -2.15. The van der Waals surface area contributed by atoms with Gasteiger partial charge in [-0.05, 0) is 49.2 Å². The van der Waals surface area contributed by atoms with Crippen LogP contribution >= 0.6 is 0 Å². The minimum absolute atomic E-state index is 0.330. The van der Waals surface area contributed by atoms with Crippen LogP contribution < -0.4 is 18.9 Å². The zero-order valence-electron chi connectivity index (χ0n) is 18.0. The topological polar surface area (TPSA) is 89.5 Å². The molecule has 0 amide bonds. The fraction of sp³-hybridized carbons (Fsp3) is 0.391. The average molecular weight is 430 g/mol. The number of hydrogen-bond donors (Lipinski definition) is 0. The highest BCUT2D eigenvalue weighted by Gasteiger charge is 2.31. The van der Waals surface area contributed by atoms with Gasteiger partial charge in [-0.15, -0.1) is 0 Å². The van der Waals surface area contributed by atoms with Gasteiger partial charge in [0.1, 0.15) is 12.2 Å². The zero-order chi connectivity index (χ0) is 22.4. The molecule has 0 saturated heterocycles. The molecule has 2 unspecified atom stereocenters. The van der Waals surface area contributed by atoms with Crippen LogP contribution in [0.4, 0.5) is 0 Å². The van der Waals surface area contributed by atoms with E-state index < -0.39 is 11.9 Å². The van der Waals surface area contributed by atoms with Crippen LogP contribution in [0.15, 0.2) is 36.4 Å². The van der Waals surface area contributed by atoms with Crippen molar-refractivity contribution in [1.82, 2.24) is 0 Å². The van der Waals surface area contributed by atoms with E-state index in [4.69, 9.17) is 28.4 Å². The highest BCUT2D eigenvalue weighted by atomic mass is 16.6. The molecule has 31 heavy (non-hydrogen) atoms. The Morgan fingerprint density at radius 3 is 1.39 bits per heavy atom. The van der Waals surface area contributed by atoms with Gasteiger partial charge >= 0.3 is 11.9 Å². The lowest BCUT2D eigenvalue weighted by molar-refractivity contribution is 0.0192. The predicted molar refractivity (Wildman–Crippen MR) is 111 cm³/mol. The first-order chi connectivity index (χ1) is 15.0. The highest BCUT2D eigenvalue weighted by molar-refractivity contribution is 5.91. The van der Waals surface area contributed by atoms with E-state index in [0.29, 0.717) is 53.4 Å². The highest BCUT2D eigenvalue weighted by Crippen LogP contribution is 2.31. The molecule has 0 radical (unpaired) electrons. The lowest BCUT2D eigenvalue weighted by Crippen LogP contribution is -2.19. The fourth-order valence-corrected chi connectivity index (χ4v) is 3.48. The van der Waals surface area contributed by atoms with Gasteiger partial charge in [0.2, 0.25) is 0 Å². The van der Waals surface area contributed by atoms with Crippen molar-refractivity contribution in [2.24, 2.45) is 0 Å². The van der Waals surface area contributed by atoms with Crippen molar-refractivity contribution in [1.29, 1.82) is 0 Å². The molecule has 1 aliphatic carbocycles. The van der Waals surface area contributed by atoms with Crippen LogP contribution in [0.3, 0.4) is 0 Å². The van der Waals surface area contributed by atoms with Crippen LogP contribution in [-0.4, -0.2) is 52.6 Å². The molecule has 8 nitrogen and oxygen atoms in total. The summed E-state index contributed by atoms with van der Waals surface area (Å²) >= 11 is 0. The summed E-state index contributed by atoms with van der Waals surface area (Å²) in [6.07, 6.45) is 1.01. The first-order valence-corrected chi connectivity index (χ1v) is 9.85. The Hall–Kier alpha value is -3.42. The number of carbonyl (C=O) groups is 2. The van der Waals surface area contributed by atoms with Gasteiger partial charge < -0.3 is 28.4 Å². The Morgan fingerprint density at radius 2 is 1.03 bits per heavy atom. The number of methoxy groups -OCH3 is 4. The Balaban J connectivity index is 1.57. The summed E-state index contributed by atoms with van der Waals surface area (Å²) in [5.74, 6) is 1.04. The van der Waals surface area contributed by atoms with Crippen molar-refractivity contribution in [3.8, 4) is 23.0 Å². The van der Waals surface area contributed by atoms with Crippen LogP contribution in [0.25, 0.3) is 0 Å². The zero-order valence-corrected chi connectivity index (χ0v) is 18.0. The van der Waals surface area contributed by atoms with Gasteiger partial charge in [-0.1, -0.05) is 0 Å². The van der Waals surface area contributed by atoms with Crippen LogP contribution in [0.2, 0.25) is 0 Å². The second-order valence-corrected chi connectivity index (χ2v) is 7.01. The van der Waals surface area contributed by atoms with Crippen LogP contribution in [0, 0.1) is 0 Å². The lowest BCUT2D eigenvalue weighted by atomic mass is 10.2. The Kier molecular flexibility index (Phi) is 7.23. The van der Waals surface area contributed by atoms with Gasteiger partial charge in [-0.2, -0.15) is 0 Å². The minimum Gasteiger partial charge on any atom is -0.493 e. The molecule has 0 aromatic heterocycles. The third-order valence-electron chi connectivity index (χ3n) is 5.12. The molecular formula is C23H26O8. The predicted octanol–water partition coefficient (Wildman–Crippen LogP) is 3.66. The van der Waals surface area contributed by atoms with E-state index in [-0.39, 0.29) is 12.2 Å². The van der Waals surface area contributed by atoms with E-state index in [2.05, 4.69) is 0 Å². The van der Waals surface area contributed by atoms with Gasteiger partial charge in [0.25, 0.3) is 0 Å². The van der Waals surface area contributed by atoms with E-state index >= 15 is 0 Å². The molecule has 0 N–H and O–H groups in total. The van der Waals surface area contributed by atoms with E-state index in [9.17, 15) is 9.59 Å². The van der Waals surface area contributed by atoms with Gasteiger partial charge in [-0.3, -0.25) is 0 Å². The maximum atomic E-state index is 12.5. The molecule has 3 rings (SSSR count). The number of esters is 2. The molecule has 0 bridgehead atoms. The van der Waals surface area contributed by atoms with Gasteiger partial charge in [-0.25, -0.2) is 9.59 Å². The Morgan fingerprint density at radius 1 is 0.645 bits per heavy atom. The molecule has 0 aliphatic heterocycles. The molecule has 1 aliphatic rings. The quantitative estimate of drug-likeness (QED) is 0.586. The molecule has 2 atom stereocenters. The summed E-state index contributed by atoms with van der Waals surface area (Å²) in [7, 11) is 6.05. The molecule has 8 heteroatoms. The van der Waals surface area contributed by atoms with Crippen molar-refractivity contribution in [3.05, 3.63) is 47.5 Å². The van der Waals surface area contributed by atoms with E-state index in [1.54, 1.807) is 36.4 Å². The maximum Gasteiger partial charge on any atom is 0.338 e. The van der Waals surface area contributed by atoms with Crippen molar-refractivity contribution < 1.29 is 38.0 Å². The third-order valence-corrected chi connectivity index (χ3v) is 5.12. The van der Waals surface area contributed by atoms with E-state index in [1.807, 2.05) is 0 Å². The van der Waals surface area contributed by atoms with E-state index in [0.717, 1.165) is 0 Å². The third kappa shape index (κ3) is 5.20. The molecule has 0 spiro atoms. The smallest absolute Gasteiger partial charge is 0.338 e. The summed E-state index contributed by atoms with van der Waals surface area (Å²) in [5, 5.41) is 0. The molecule has 1 saturated carbocycles. The summed E-state index contributed by atoms with van der Waals surface area (Å²) in [6.45, 7) is 0. The summed E-state index contributed by atoms with van der Waals surface area (Å²) in [6, 6.07) is 9.69. The van der Waals surface area contributed by atoms with Crippen LogP contribution in [-0.2, 0) is 9.47 Å². The molecule has 166 valence electrons. The minimum atomic E-state index is -0.460. The summed E-state index contributed by atoms with van der Waals surface area (Å²) in [4.78, 5) is 25.0. The summed E-state index contributed by atoms with van der Waals surface area (Å²) < 4.78 is 32.0. The SMILES string of the molecule is COc1ccc(C(=O)OC2CCC(OC(=O)c3ccc(OC)c(OC)c3)C2)cc1OC. The van der Waals surface area contributed by atoms with Crippen molar-refractivity contribution in [2.45, 2.75) is 31.5 Å². The molecule has 2 aromatic carbocycles. The molecule has 1 fully saturated rings. The van der Waals surface area contributed by atoms with Gasteiger partial charge in [0.05, 0.1) is 39.6 Å². The van der Waals surface area contributed by atoms with Gasteiger partial charge in [0.15, 0.2) is 23.0 Å². The average Bonchev–Trinajstić information content (AvgIpc) is 3.24. The largest absolute Gasteiger partial charge is 0.493 e. The van der Waals surface area contributed by atoms with Crippen LogP contribution in [0.1, 0.15) is 40.0 Å². The number of benzene rings is 2. The Bertz CT molecular complexity index is 864. The number of rotatable bonds is 8. The number of hydrogen-bond acceptors (Lipinski definition) is 8. The standard InChI is InChI=1S/C23H26O8/c1-26-18-9-5-14(11-20(18)28-3)22(24)30-16-7-8-17(13-16)31-23(25)15-6-10-19(27-2)21(12-15)29-4/h5-6,9-12,16-17H,7-8,13H2,1-4H3. The monoisotopic (exact) mass is 430 g/mol. The molecular weight excluding hydrogens is 404 g/mol. The van der Waals surface area contributed by atoms with Crippen molar-refractivity contribution in [3.63, 3.8) is 0 Å². The Labute approximate surface area is 181 Å². The first-order valence-electron chi connectivity index (χ1n) is 9.85. The van der Waals surface area contributed by atoms with Gasteiger partial charge in [0, 0.05) is 6.42 Å². The first kappa shape index (κ1) is 22.3. The number of carbonyl (C=O) groups excluding carboxylic acids is 2. The normalized spacial score (nSPS) is 17.5. The van der Waals surface area contributed by atoms with Crippen molar-refractivity contribution >= 4 is 11.9 Å². The second kappa shape index (κ2) is 10.1. The molecule has 2 aromatic rings. The van der Waals surface area contributed by atoms with Crippen LogP contribution in [0.5, 0.6) is 23.0 Å². The van der Waals surface area contributed by atoms with Crippen molar-refractivity contribution in [2.75, 3.05) is 28.4 Å². The second-order valence-electron chi connectivity index (χ2n) is 7.01. The van der Waals surface area contributed by atoms with E-state index in [1.165, 1.54) is 28.4 Å².